The molecule has 0 unspecified atom stereocenters. The van der Waals surface area contributed by atoms with Crippen molar-refractivity contribution in [3.63, 3.8) is 0 Å². The van der Waals surface area contributed by atoms with E-state index in [0.717, 1.165) is 10.6 Å². The normalized spacial score (nSPS) is 14.2. The maximum atomic E-state index is 12.2. The van der Waals surface area contributed by atoms with Crippen LogP contribution in [0.2, 0.25) is 0 Å². The molecule has 2 aromatic rings. The van der Waals surface area contributed by atoms with Crippen LogP contribution in [0.3, 0.4) is 0 Å². The summed E-state index contributed by atoms with van der Waals surface area (Å²) in [6, 6.07) is 13.7. The number of nitrogens with zero attached hydrogens (tertiary/aromatic N) is 1. The highest BCUT2D eigenvalue weighted by Crippen LogP contribution is 2.38. The molecular formula is C19H20N2O4S. The van der Waals surface area contributed by atoms with Crippen LogP contribution in [0, 0.1) is 10.1 Å². The Hall–Kier alpha value is -2.54. The molecule has 0 radical (unpaired) electrons. The minimum absolute atomic E-state index is 0.0845. The summed E-state index contributed by atoms with van der Waals surface area (Å²) in [4.78, 5) is 23.7. The summed E-state index contributed by atoms with van der Waals surface area (Å²) in [5.41, 5.74) is 0.595. The monoisotopic (exact) mass is 372 g/mol. The Morgan fingerprint density at radius 2 is 1.85 bits per heavy atom. The second-order valence-corrected chi connectivity index (χ2v) is 7.42. The number of thioether (sulfide) groups is 1. The summed E-state index contributed by atoms with van der Waals surface area (Å²) < 4.78 is 5.35. The lowest BCUT2D eigenvalue weighted by molar-refractivity contribution is -0.385. The molecule has 1 aliphatic rings. The molecule has 0 heterocycles. The van der Waals surface area contributed by atoms with Gasteiger partial charge in [0.05, 0.1) is 10.6 Å². The molecule has 2 aromatic carbocycles. The third kappa shape index (κ3) is 4.76. The lowest BCUT2D eigenvalue weighted by Crippen LogP contribution is -2.20. The van der Waals surface area contributed by atoms with E-state index in [4.69, 9.17) is 4.74 Å². The molecule has 0 bridgehead atoms. The standard InChI is InChI=1S/C19H20N2O4S/c22-19(13-25-17-11-5-4-10-16(17)21(23)24)20-15-9-3-6-12-18(15)26-14-7-1-2-8-14/h3-6,9-12,14H,1-2,7-8,13H2,(H,20,22). The molecule has 3 rings (SSSR count). The lowest BCUT2D eigenvalue weighted by Gasteiger charge is -2.14. The highest BCUT2D eigenvalue weighted by Gasteiger charge is 2.19. The highest BCUT2D eigenvalue weighted by atomic mass is 32.2. The predicted molar refractivity (Wildman–Crippen MR) is 102 cm³/mol. The van der Waals surface area contributed by atoms with Crippen molar-refractivity contribution >= 4 is 29.0 Å². The highest BCUT2D eigenvalue weighted by molar-refractivity contribution is 8.00. The van der Waals surface area contributed by atoms with Crippen LogP contribution in [0.5, 0.6) is 5.75 Å². The van der Waals surface area contributed by atoms with E-state index in [0.29, 0.717) is 5.25 Å². The Balaban J connectivity index is 1.61. The van der Waals surface area contributed by atoms with Gasteiger partial charge in [-0.1, -0.05) is 37.1 Å². The fourth-order valence-electron chi connectivity index (χ4n) is 2.92. The third-order valence-electron chi connectivity index (χ3n) is 4.18. The average molecular weight is 372 g/mol. The summed E-state index contributed by atoms with van der Waals surface area (Å²) in [5.74, 6) is -0.260. The molecular weight excluding hydrogens is 352 g/mol. The Kier molecular flexibility index (Phi) is 6.12. The van der Waals surface area contributed by atoms with Crippen LogP contribution in [0.15, 0.2) is 53.4 Å². The number of ether oxygens (including phenoxy) is 1. The topological polar surface area (TPSA) is 81.5 Å². The van der Waals surface area contributed by atoms with Crippen molar-refractivity contribution in [2.75, 3.05) is 11.9 Å². The molecule has 1 aliphatic carbocycles. The number of carbonyl (C=O) groups excluding carboxylic acids is 1. The van der Waals surface area contributed by atoms with Crippen molar-refractivity contribution < 1.29 is 14.5 Å². The minimum atomic E-state index is -0.527. The molecule has 26 heavy (non-hydrogen) atoms. The van der Waals surface area contributed by atoms with Crippen LogP contribution in [-0.2, 0) is 4.79 Å². The van der Waals surface area contributed by atoms with E-state index in [1.165, 1.54) is 37.8 Å². The van der Waals surface area contributed by atoms with Gasteiger partial charge in [-0.25, -0.2) is 0 Å². The number of benzene rings is 2. The zero-order valence-corrected chi connectivity index (χ0v) is 15.0. The molecule has 0 aromatic heterocycles. The molecule has 0 atom stereocenters. The number of nitro benzene ring substituents is 1. The van der Waals surface area contributed by atoms with Gasteiger partial charge in [-0.3, -0.25) is 14.9 Å². The third-order valence-corrected chi connectivity index (χ3v) is 5.59. The smallest absolute Gasteiger partial charge is 0.310 e. The van der Waals surface area contributed by atoms with Crippen LogP contribution in [0.1, 0.15) is 25.7 Å². The van der Waals surface area contributed by atoms with Crippen molar-refractivity contribution in [1.29, 1.82) is 0 Å². The number of anilines is 1. The van der Waals surface area contributed by atoms with Crippen molar-refractivity contribution in [2.45, 2.75) is 35.8 Å². The first kappa shape index (κ1) is 18.3. The zero-order valence-electron chi connectivity index (χ0n) is 14.2. The van der Waals surface area contributed by atoms with Gasteiger partial charge in [0, 0.05) is 16.2 Å². The van der Waals surface area contributed by atoms with E-state index in [1.807, 2.05) is 24.3 Å². The van der Waals surface area contributed by atoms with E-state index in [9.17, 15) is 14.9 Å². The van der Waals surface area contributed by atoms with Gasteiger partial charge in [0.1, 0.15) is 0 Å². The quantitative estimate of drug-likeness (QED) is 0.565. The van der Waals surface area contributed by atoms with Gasteiger partial charge in [0.2, 0.25) is 0 Å². The van der Waals surface area contributed by atoms with Crippen molar-refractivity contribution in [3.8, 4) is 5.75 Å². The molecule has 0 saturated heterocycles. The lowest BCUT2D eigenvalue weighted by atomic mass is 10.3. The van der Waals surface area contributed by atoms with E-state index in [1.54, 1.807) is 23.9 Å². The van der Waals surface area contributed by atoms with E-state index in [2.05, 4.69) is 5.32 Å². The molecule has 1 N–H and O–H groups in total. The molecule has 1 fully saturated rings. The fourth-order valence-corrected chi connectivity index (χ4v) is 4.25. The Bertz CT molecular complexity index is 791. The second-order valence-electron chi connectivity index (χ2n) is 6.08. The summed E-state index contributed by atoms with van der Waals surface area (Å²) >= 11 is 1.80. The predicted octanol–water partition coefficient (Wildman–Crippen LogP) is 4.65. The van der Waals surface area contributed by atoms with Crippen LogP contribution in [0.25, 0.3) is 0 Å². The van der Waals surface area contributed by atoms with Crippen LogP contribution >= 0.6 is 11.8 Å². The van der Waals surface area contributed by atoms with Crippen molar-refractivity contribution in [2.24, 2.45) is 0 Å². The largest absolute Gasteiger partial charge is 0.477 e. The number of hydrogen-bond donors (Lipinski definition) is 1. The van der Waals surface area contributed by atoms with E-state index < -0.39 is 4.92 Å². The molecule has 7 heteroatoms. The molecule has 136 valence electrons. The summed E-state index contributed by atoms with van der Waals surface area (Å²) in [6.07, 6.45) is 4.92. The molecule has 6 nitrogen and oxygen atoms in total. The van der Waals surface area contributed by atoms with Crippen LogP contribution in [-0.4, -0.2) is 22.7 Å². The number of rotatable bonds is 7. The molecule has 0 aliphatic heterocycles. The Morgan fingerprint density at radius 1 is 1.15 bits per heavy atom. The second kappa shape index (κ2) is 8.71. The number of nitrogens with one attached hydrogen (secondary N) is 1. The fraction of sp³-hybridized carbons (Fsp3) is 0.316. The Morgan fingerprint density at radius 3 is 2.62 bits per heavy atom. The number of nitro groups is 1. The Labute approximate surface area is 156 Å². The number of hydrogen-bond acceptors (Lipinski definition) is 5. The van der Waals surface area contributed by atoms with Gasteiger partial charge in [0.25, 0.3) is 5.91 Å². The minimum Gasteiger partial charge on any atom is -0.477 e. The number of amides is 1. The number of para-hydroxylation sites is 3. The molecule has 1 saturated carbocycles. The van der Waals surface area contributed by atoms with Gasteiger partial charge in [0.15, 0.2) is 12.4 Å². The van der Waals surface area contributed by atoms with Gasteiger partial charge in [-0.15, -0.1) is 11.8 Å². The first-order valence-electron chi connectivity index (χ1n) is 8.55. The van der Waals surface area contributed by atoms with Crippen molar-refractivity contribution in [1.82, 2.24) is 0 Å². The SMILES string of the molecule is O=C(COc1ccccc1[N+](=O)[O-])Nc1ccccc1SC1CCCC1. The van der Waals surface area contributed by atoms with Gasteiger partial charge >= 0.3 is 5.69 Å². The zero-order chi connectivity index (χ0) is 18.4. The van der Waals surface area contributed by atoms with Crippen molar-refractivity contribution in [3.05, 3.63) is 58.6 Å². The van der Waals surface area contributed by atoms with Gasteiger partial charge in [-0.2, -0.15) is 0 Å². The van der Waals surface area contributed by atoms with Gasteiger partial charge in [-0.05, 0) is 31.0 Å². The van der Waals surface area contributed by atoms with Crippen LogP contribution < -0.4 is 10.1 Å². The number of carbonyl (C=O) groups is 1. The maximum absolute atomic E-state index is 12.2. The average Bonchev–Trinajstić information content (AvgIpc) is 3.15. The first-order chi connectivity index (χ1) is 12.6. The van der Waals surface area contributed by atoms with E-state index >= 15 is 0 Å². The maximum Gasteiger partial charge on any atom is 0.310 e. The van der Waals surface area contributed by atoms with E-state index in [-0.39, 0.29) is 24.0 Å². The summed E-state index contributed by atoms with van der Waals surface area (Å²) in [7, 11) is 0. The van der Waals surface area contributed by atoms with Gasteiger partial charge < -0.3 is 10.1 Å². The first-order valence-corrected chi connectivity index (χ1v) is 9.43. The summed E-state index contributed by atoms with van der Waals surface area (Å²) in [6.45, 7) is -0.284. The molecule has 1 amide bonds. The van der Waals surface area contributed by atoms with Crippen LogP contribution in [0.4, 0.5) is 11.4 Å². The summed E-state index contributed by atoms with van der Waals surface area (Å²) in [5, 5.41) is 14.4. The molecule has 0 spiro atoms.